The number of benzene rings is 4. The van der Waals surface area contributed by atoms with Gasteiger partial charge in [0.2, 0.25) is 0 Å². The Bertz CT molecular complexity index is 1040. The Labute approximate surface area is 157 Å². The third kappa shape index (κ3) is 3.53. The highest BCUT2D eigenvalue weighted by Crippen LogP contribution is 2.27. The molecule has 0 saturated carbocycles. The van der Waals surface area contributed by atoms with Crippen molar-refractivity contribution in [3.05, 3.63) is 114 Å². The fourth-order valence-corrected chi connectivity index (χ4v) is 3.27. The summed E-state index contributed by atoms with van der Waals surface area (Å²) in [6.45, 7) is 0. The van der Waals surface area contributed by atoms with Crippen molar-refractivity contribution in [1.82, 2.24) is 5.32 Å². The van der Waals surface area contributed by atoms with Gasteiger partial charge in [-0.25, -0.2) is 0 Å². The minimum Gasteiger partial charge on any atom is -0.507 e. The topological polar surface area (TPSA) is 49.3 Å². The maximum Gasteiger partial charge on any atom is 0.255 e. The van der Waals surface area contributed by atoms with E-state index in [2.05, 4.69) is 5.32 Å². The van der Waals surface area contributed by atoms with Gasteiger partial charge in [0.1, 0.15) is 5.75 Å². The third-order valence-corrected chi connectivity index (χ3v) is 4.65. The molecule has 0 unspecified atom stereocenters. The van der Waals surface area contributed by atoms with Crippen molar-refractivity contribution in [2.24, 2.45) is 0 Å². The van der Waals surface area contributed by atoms with Gasteiger partial charge in [-0.15, -0.1) is 0 Å². The Hall–Kier alpha value is -3.59. The van der Waals surface area contributed by atoms with Crippen LogP contribution in [0, 0.1) is 0 Å². The highest BCUT2D eigenvalue weighted by molar-refractivity contribution is 6.01. The highest BCUT2D eigenvalue weighted by atomic mass is 16.3. The number of amides is 1. The first-order valence-electron chi connectivity index (χ1n) is 8.85. The molecule has 0 aliphatic rings. The maximum absolute atomic E-state index is 13.0. The summed E-state index contributed by atoms with van der Waals surface area (Å²) in [7, 11) is 0. The second kappa shape index (κ2) is 7.34. The van der Waals surface area contributed by atoms with E-state index in [0.29, 0.717) is 0 Å². The number of phenolic OH excluding ortho intramolecular Hbond substituents is 1. The molecular weight excluding hydrogens is 334 g/mol. The van der Waals surface area contributed by atoms with Gasteiger partial charge in [-0.2, -0.15) is 0 Å². The molecule has 0 bridgehead atoms. The van der Waals surface area contributed by atoms with Crippen molar-refractivity contribution in [3.8, 4) is 5.75 Å². The molecule has 0 heterocycles. The summed E-state index contributed by atoms with van der Waals surface area (Å²) < 4.78 is 0. The molecule has 4 aromatic rings. The monoisotopic (exact) mass is 353 g/mol. The molecule has 4 rings (SSSR count). The maximum atomic E-state index is 13.0. The van der Waals surface area contributed by atoms with E-state index in [9.17, 15) is 9.90 Å². The molecule has 0 radical (unpaired) electrons. The molecule has 2 N–H and O–H groups in total. The predicted octanol–water partition coefficient (Wildman–Crippen LogP) is 5.06. The molecule has 0 fully saturated rings. The summed E-state index contributed by atoms with van der Waals surface area (Å²) in [5.41, 5.74) is 2.24. The number of hydrogen-bond donors (Lipinski definition) is 2. The smallest absolute Gasteiger partial charge is 0.255 e. The first-order chi connectivity index (χ1) is 13.2. The van der Waals surface area contributed by atoms with Crippen LogP contribution in [0.2, 0.25) is 0 Å². The van der Waals surface area contributed by atoms with Gasteiger partial charge in [0, 0.05) is 0 Å². The van der Waals surface area contributed by atoms with Gasteiger partial charge < -0.3 is 10.4 Å². The number of carbonyl (C=O) groups is 1. The molecule has 1 amide bonds. The Kier molecular flexibility index (Phi) is 4.58. The molecule has 3 heteroatoms. The van der Waals surface area contributed by atoms with Crippen molar-refractivity contribution < 1.29 is 9.90 Å². The van der Waals surface area contributed by atoms with Gasteiger partial charge in [0.15, 0.2) is 0 Å². The first-order valence-corrected chi connectivity index (χ1v) is 8.85. The molecule has 27 heavy (non-hydrogen) atoms. The highest BCUT2D eigenvalue weighted by Gasteiger charge is 2.20. The first kappa shape index (κ1) is 16.9. The predicted molar refractivity (Wildman–Crippen MR) is 108 cm³/mol. The molecule has 0 aliphatic carbocycles. The summed E-state index contributed by atoms with van der Waals surface area (Å²) in [6, 6.07) is 30.3. The van der Waals surface area contributed by atoms with Gasteiger partial charge in [0.25, 0.3) is 5.91 Å². The SMILES string of the molecule is O=C(NC(c1ccccc1)c1ccccc1)c1cc2ccccc2cc1O. The average Bonchev–Trinajstić information content (AvgIpc) is 2.72. The fourth-order valence-electron chi connectivity index (χ4n) is 3.27. The van der Waals surface area contributed by atoms with Crippen LogP contribution in [0.4, 0.5) is 0 Å². The van der Waals surface area contributed by atoms with Gasteiger partial charge in [0.05, 0.1) is 11.6 Å². The van der Waals surface area contributed by atoms with Crippen LogP contribution in [0.3, 0.4) is 0 Å². The minimum absolute atomic E-state index is 0.0222. The number of hydrogen-bond acceptors (Lipinski definition) is 2. The van der Waals surface area contributed by atoms with Crippen LogP contribution in [0.15, 0.2) is 97.1 Å². The average molecular weight is 353 g/mol. The molecule has 0 saturated heterocycles. The van der Waals surface area contributed by atoms with E-state index in [-0.39, 0.29) is 23.3 Å². The second-order valence-corrected chi connectivity index (χ2v) is 6.44. The third-order valence-electron chi connectivity index (χ3n) is 4.65. The summed E-state index contributed by atoms with van der Waals surface area (Å²) in [6.07, 6.45) is 0. The molecule has 0 aromatic heterocycles. The number of phenols is 1. The van der Waals surface area contributed by atoms with Crippen LogP contribution < -0.4 is 5.32 Å². The zero-order valence-electron chi connectivity index (χ0n) is 14.7. The van der Waals surface area contributed by atoms with Crippen LogP contribution >= 0.6 is 0 Å². The van der Waals surface area contributed by atoms with Gasteiger partial charge in [-0.1, -0.05) is 84.9 Å². The van der Waals surface area contributed by atoms with Crippen LogP contribution in [0.25, 0.3) is 10.8 Å². The van der Waals surface area contributed by atoms with Gasteiger partial charge in [-0.3, -0.25) is 4.79 Å². The summed E-state index contributed by atoms with van der Waals surface area (Å²) in [5.74, 6) is -0.331. The van der Waals surface area contributed by atoms with Gasteiger partial charge >= 0.3 is 0 Å². The van der Waals surface area contributed by atoms with E-state index in [1.54, 1.807) is 12.1 Å². The number of nitrogens with one attached hydrogen (secondary N) is 1. The molecular formula is C24H19NO2. The van der Waals surface area contributed by atoms with E-state index in [0.717, 1.165) is 21.9 Å². The van der Waals surface area contributed by atoms with Crippen LogP contribution in [-0.2, 0) is 0 Å². The van der Waals surface area contributed by atoms with Crippen molar-refractivity contribution >= 4 is 16.7 Å². The normalized spacial score (nSPS) is 10.9. The number of aromatic hydroxyl groups is 1. The van der Waals surface area contributed by atoms with Crippen LogP contribution in [-0.4, -0.2) is 11.0 Å². The lowest BCUT2D eigenvalue weighted by atomic mass is 9.98. The Morgan fingerprint density at radius 1 is 0.704 bits per heavy atom. The molecule has 0 atom stereocenters. The van der Waals surface area contributed by atoms with E-state index >= 15 is 0 Å². The fraction of sp³-hybridized carbons (Fsp3) is 0.0417. The van der Waals surface area contributed by atoms with E-state index < -0.39 is 0 Å². The van der Waals surface area contributed by atoms with Crippen LogP contribution in [0.5, 0.6) is 5.75 Å². The lowest BCUT2D eigenvalue weighted by Crippen LogP contribution is -2.29. The van der Waals surface area contributed by atoms with E-state index in [4.69, 9.17) is 0 Å². The lowest BCUT2D eigenvalue weighted by Gasteiger charge is -2.20. The summed E-state index contributed by atoms with van der Waals surface area (Å²) in [4.78, 5) is 13.0. The molecule has 0 aliphatic heterocycles. The van der Waals surface area contributed by atoms with Gasteiger partial charge in [-0.05, 0) is 34.0 Å². The Morgan fingerprint density at radius 3 is 1.74 bits per heavy atom. The van der Waals surface area contributed by atoms with Crippen molar-refractivity contribution in [1.29, 1.82) is 0 Å². The molecule has 132 valence electrons. The number of rotatable bonds is 4. The largest absolute Gasteiger partial charge is 0.507 e. The Morgan fingerprint density at radius 2 is 1.19 bits per heavy atom. The zero-order chi connectivity index (χ0) is 18.6. The number of carbonyl (C=O) groups excluding carboxylic acids is 1. The van der Waals surface area contributed by atoms with Crippen molar-refractivity contribution in [2.45, 2.75) is 6.04 Å². The summed E-state index contributed by atoms with van der Waals surface area (Å²) in [5, 5.41) is 15.3. The lowest BCUT2D eigenvalue weighted by molar-refractivity contribution is 0.0940. The minimum atomic E-state index is -0.309. The second-order valence-electron chi connectivity index (χ2n) is 6.44. The van der Waals surface area contributed by atoms with Crippen LogP contribution in [0.1, 0.15) is 27.5 Å². The zero-order valence-corrected chi connectivity index (χ0v) is 14.7. The van der Waals surface area contributed by atoms with Crippen molar-refractivity contribution in [2.75, 3.05) is 0 Å². The van der Waals surface area contributed by atoms with E-state index in [1.807, 2.05) is 84.9 Å². The Balaban J connectivity index is 1.71. The van der Waals surface area contributed by atoms with Crippen molar-refractivity contribution in [3.63, 3.8) is 0 Å². The molecule has 0 spiro atoms. The van der Waals surface area contributed by atoms with E-state index in [1.165, 1.54) is 0 Å². The standard InChI is InChI=1S/C24H19NO2/c26-22-16-20-14-8-7-13-19(20)15-21(22)24(27)25-23(17-9-3-1-4-10-17)18-11-5-2-6-12-18/h1-16,23,26H,(H,25,27). The molecule has 3 nitrogen and oxygen atoms in total. The molecule has 4 aromatic carbocycles. The number of fused-ring (bicyclic) bond motifs is 1. The quantitative estimate of drug-likeness (QED) is 0.538. The summed E-state index contributed by atoms with van der Waals surface area (Å²) >= 11 is 0.